The number of ketones is 1. The van der Waals surface area contributed by atoms with Crippen LogP contribution in [0.2, 0.25) is 0 Å². The average Bonchev–Trinajstić information content (AvgIpc) is 3.28. The fourth-order valence-electron chi connectivity index (χ4n) is 3.32. The molecule has 2 aromatic rings. The third kappa shape index (κ3) is 3.44. The number of Topliss-reactive ketones (excluding diaryl/α,β-unsaturated/α-hetero) is 1. The van der Waals surface area contributed by atoms with E-state index in [1.165, 1.54) is 4.88 Å². The summed E-state index contributed by atoms with van der Waals surface area (Å²) in [4.78, 5) is 39.4. The Morgan fingerprint density at radius 3 is 2.73 bits per heavy atom. The van der Waals surface area contributed by atoms with Crippen molar-refractivity contribution in [2.75, 3.05) is 6.54 Å². The van der Waals surface area contributed by atoms with E-state index in [1.54, 1.807) is 11.3 Å². The highest BCUT2D eigenvalue weighted by Gasteiger charge is 2.38. The second kappa shape index (κ2) is 7.45. The van der Waals surface area contributed by atoms with Crippen LogP contribution in [0, 0.1) is 13.8 Å². The topological polar surface area (TPSA) is 71.4 Å². The van der Waals surface area contributed by atoms with Gasteiger partial charge in [-0.2, -0.15) is 0 Å². The van der Waals surface area contributed by atoms with Gasteiger partial charge in [0.25, 0.3) is 5.91 Å². The Kier molecular flexibility index (Phi) is 5.27. The molecule has 0 unspecified atom stereocenters. The number of aromatic nitrogens is 1. The van der Waals surface area contributed by atoms with Crippen LogP contribution in [0.25, 0.3) is 0 Å². The normalized spacial score (nSPS) is 17.0. The zero-order valence-corrected chi connectivity index (χ0v) is 16.1. The van der Waals surface area contributed by atoms with Crippen molar-refractivity contribution in [1.29, 1.82) is 0 Å². The van der Waals surface area contributed by atoms with Crippen LogP contribution >= 0.6 is 11.3 Å². The molecule has 0 saturated carbocycles. The first-order valence-corrected chi connectivity index (χ1v) is 9.64. The number of imide groups is 1. The number of aryl methyl sites for hydroxylation is 1. The molecule has 2 aromatic heterocycles. The first-order valence-electron chi connectivity index (χ1n) is 8.76. The predicted octanol–water partition coefficient (Wildman–Crippen LogP) is 3.12. The Balaban J connectivity index is 1.76. The summed E-state index contributed by atoms with van der Waals surface area (Å²) in [5, 5.41) is 4.68. The minimum atomic E-state index is -0.508. The van der Waals surface area contributed by atoms with Crippen molar-refractivity contribution >= 4 is 29.1 Å². The van der Waals surface area contributed by atoms with Crippen molar-refractivity contribution in [3.63, 3.8) is 0 Å². The van der Waals surface area contributed by atoms with E-state index in [1.807, 2.05) is 38.3 Å². The second-order valence-electron chi connectivity index (χ2n) is 6.59. The molecule has 0 radical (unpaired) electrons. The lowest BCUT2D eigenvalue weighted by Crippen LogP contribution is -2.36. The van der Waals surface area contributed by atoms with E-state index in [4.69, 9.17) is 0 Å². The molecular formula is C19H23N3O3S. The molecule has 1 fully saturated rings. The van der Waals surface area contributed by atoms with Crippen LogP contribution in [0.3, 0.4) is 0 Å². The molecule has 1 saturated heterocycles. The van der Waals surface area contributed by atoms with Gasteiger partial charge in [0, 0.05) is 21.8 Å². The number of urea groups is 1. The van der Waals surface area contributed by atoms with Gasteiger partial charge in [0.1, 0.15) is 6.04 Å². The van der Waals surface area contributed by atoms with Crippen LogP contribution < -0.4 is 5.32 Å². The molecule has 0 aromatic carbocycles. The van der Waals surface area contributed by atoms with Gasteiger partial charge in [0.15, 0.2) is 5.78 Å². The molecule has 0 spiro atoms. The number of carbonyl (C=O) groups excluding carboxylic acids is 3. The summed E-state index contributed by atoms with van der Waals surface area (Å²) >= 11 is 1.67. The molecule has 0 bridgehead atoms. The minimum absolute atomic E-state index is 0.212. The van der Waals surface area contributed by atoms with Crippen LogP contribution in [0.4, 0.5) is 4.79 Å². The van der Waals surface area contributed by atoms with Crippen molar-refractivity contribution in [1.82, 2.24) is 14.8 Å². The maximum Gasteiger partial charge on any atom is 0.325 e. The summed E-state index contributed by atoms with van der Waals surface area (Å²) in [5.74, 6) is -0.520. The number of nitrogens with zero attached hydrogens (tertiary/aromatic N) is 2. The summed E-state index contributed by atoms with van der Waals surface area (Å²) in [5.41, 5.74) is 2.41. The number of hydrogen-bond donors (Lipinski definition) is 1. The third-order valence-corrected chi connectivity index (χ3v) is 5.62. The van der Waals surface area contributed by atoms with Crippen molar-refractivity contribution in [2.45, 2.75) is 46.2 Å². The number of thiophene rings is 1. The van der Waals surface area contributed by atoms with E-state index in [2.05, 4.69) is 16.0 Å². The maximum absolute atomic E-state index is 12.8. The van der Waals surface area contributed by atoms with Crippen LogP contribution in [-0.2, 0) is 11.3 Å². The largest absolute Gasteiger partial charge is 0.343 e. The highest BCUT2D eigenvalue weighted by Crippen LogP contribution is 2.21. The predicted molar refractivity (Wildman–Crippen MR) is 101 cm³/mol. The summed E-state index contributed by atoms with van der Waals surface area (Å²) in [6.07, 6.45) is 1.38. The number of nitrogens with one attached hydrogen (secondary N) is 1. The third-order valence-electron chi connectivity index (χ3n) is 4.75. The monoisotopic (exact) mass is 373 g/mol. The Hall–Kier alpha value is -2.41. The van der Waals surface area contributed by atoms with E-state index in [-0.39, 0.29) is 18.2 Å². The second-order valence-corrected chi connectivity index (χ2v) is 7.62. The molecule has 3 rings (SSSR count). The van der Waals surface area contributed by atoms with Gasteiger partial charge >= 0.3 is 6.03 Å². The summed E-state index contributed by atoms with van der Waals surface area (Å²) < 4.78 is 2.09. The van der Waals surface area contributed by atoms with Crippen LogP contribution in [0.5, 0.6) is 0 Å². The Bertz CT molecular complexity index is 839. The molecule has 1 aliphatic heterocycles. The zero-order valence-electron chi connectivity index (χ0n) is 15.2. The fourth-order valence-corrected chi connectivity index (χ4v) is 4.02. The lowest BCUT2D eigenvalue weighted by molar-refractivity contribution is -0.127. The number of carbonyl (C=O) groups is 3. The van der Waals surface area contributed by atoms with Gasteiger partial charge in [0.2, 0.25) is 0 Å². The maximum atomic E-state index is 12.8. The van der Waals surface area contributed by atoms with E-state index in [9.17, 15) is 14.4 Å². The molecule has 1 atom stereocenters. The standard InChI is InChI=1S/C19H23N3O3S/c1-4-6-16-18(24)22(19(25)20-16)11-17(23)15-9-12(2)21(13(15)3)10-14-7-5-8-26-14/h5,7-9,16H,4,6,10-11H2,1-3H3,(H,20,25)/t16-/m1/s1. The first-order chi connectivity index (χ1) is 12.4. The number of rotatable bonds is 7. The molecular weight excluding hydrogens is 350 g/mol. The van der Waals surface area contributed by atoms with E-state index in [0.29, 0.717) is 18.5 Å². The minimum Gasteiger partial charge on any atom is -0.343 e. The lowest BCUT2D eigenvalue weighted by Gasteiger charge is -2.12. The molecule has 26 heavy (non-hydrogen) atoms. The smallest absolute Gasteiger partial charge is 0.325 e. The molecule has 6 nitrogen and oxygen atoms in total. The van der Waals surface area contributed by atoms with Gasteiger partial charge < -0.3 is 9.88 Å². The quantitative estimate of drug-likeness (QED) is 0.599. The number of hydrogen-bond acceptors (Lipinski definition) is 4. The summed E-state index contributed by atoms with van der Waals surface area (Å²) in [7, 11) is 0. The Labute approximate surface area is 156 Å². The van der Waals surface area contributed by atoms with Gasteiger partial charge in [-0.1, -0.05) is 19.4 Å². The zero-order chi connectivity index (χ0) is 18.8. The van der Waals surface area contributed by atoms with Crippen molar-refractivity contribution in [2.24, 2.45) is 0 Å². The Morgan fingerprint density at radius 2 is 2.08 bits per heavy atom. The molecule has 1 aliphatic rings. The van der Waals surface area contributed by atoms with Crippen LogP contribution in [0.15, 0.2) is 23.6 Å². The summed E-state index contributed by atoms with van der Waals surface area (Å²) in [6, 6.07) is 4.92. The molecule has 0 aliphatic carbocycles. The van der Waals surface area contributed by atoms with Crippen molar-refractivity contribution < 1.29 is 14.4 Å². The lowest BCUT2D eigenvalue weighted by atomic mass is 10.1. The number of amides is 3. The van der Waals surface area contributed by atoms with Gasteiger partial charge in [0.05, 0.1) is 13.1 Å². The van der Waals surface area contributed by atoms with Crippen molar-refractivity contribution in [3.8, 4) is 0 Å². The fraction of sp³-hybridized carbons (Fsp3) is 0.421. The SMILES string of the molecule is CCC[C@H]1NC(=O)N(CC(=O)c2cc(C)n(Cc3cccs3)c2C)C1=O. The Morgan fingerprint density at radius 1 is 1.31 bits per heavy atom. The van der Waals surface area contributed by atoms with E-state index < -0.39 is 12.1 Å². The first kappa shape index (κ1) is 18.4. The van der Waals surface area contributed by atoms with Crippen molar-refractivity contribution in [3.05, 3.63) is 45.4 Å². The molecule has 1 N–H and O–H groups in total. The van der Waals surface area contributed by atoms with Gasteiger partial charge in [-0.3, -0.25) is 14.5 Å². The molecule has 3 heterocycles. The van der Waals surface area contributed by atoms with Crippen LogP contribution in [-0.4, -0.2) is 39.8 Å². The van der Waals surface area contributed by atoms with Gasteiger partial charge in [-0.15, -0.1) is 11.3 Å². The molecule has 3 amide bonds. The molecule has 7 heteroatoms. The highest BCUT2D eigenvalue weighted by atomic mass is 32.1. The molecule has 138 valence electrons. The van der Waals surface area contributed by atoms with Crippen LogP contribution in [0.1, 0.15) is 46.4 Å². The summed E-state index contributed by atoms with van der Waals surface area (Å²) in [6.45, 7) is 6.32. The van der Waals surface area contributed by atoms with E-state index >= 15 is 0 Å². The average molecular weight is 373 g/mol. The van der Waals surface area contributed by atoms with Gasteiger partial charge in [-0.25, -0.2) is 4.79 Å². The highest BCUT2D eigenvalue weighted by molar-refractivity contribution is 7.09. The van der Waals surface area contributed by atoms with E-state index in [0.717, 1.165) is 22.7 Å². The van der Waals surface area contributed by atoms with Gasteiger partial charge in [-0.05, 0) is 37.8 Å².